The fourth-order valence-electron chi connectivity index (χ4n) is 2.33. The fraction of sp³-hybridized carbons (Fsp3) is 0.615. The van der Waals surface area contributed by atoms with Crippen LogP contribution in [0.3, 0.4) is 0 Å². The zero-order chi connectivity index (χ0) is 12.1. The summed E-state index contributed by atoms with van der Waals surface area (Å²) in [6, 6.07) is 4.68. The average Bonchev–Trinajstić information content (AvgIpc) is 2.85. The van der Waals surface area contributed by atoms with Crippen molar-refractivity contribution in [2.24, 2.45) is 5.92 Å². The highest BCUT2D eigenvalue weighted by Crippen LogP contribution is 2.24. The van der Waals surface area contributed by atoms with E-state index < -0.39 is 0 Å². The molecule has 1 saturated carbocycles. The molecule has 0 radical (unpaired) electrons. The number of nitrogens with one attached hydrogen (secondary N) is 1. The SMILES string of the molecule is N#Cc1csc(CNC2CCC(CO)CC2)c1. The first-order valence-electron chi connectivity index (χ1n) is 6.13. The van der Waals surface area contributed by atoms with Crippen molar-refractivity contribution < 1.29 is 5.11 Å². The van der Waals surface area contributed by atoms with Gasteiger partial charge in [0.05, 0.1) is 5.56 Å². The van der Waals surface area contributed by atoms with Gasteiger partial charge in [-0.1, -0.05) is 0 Å². The Morgan fingerprint density at radius 3 is 2.76 bits per heavy atom. The van der Waals surface area contributed by atoms with E-state index in [9.17, 15) is 0 Å². The molecule has 1 heterocycles. The molecule has 0 amide bonds. The standard InChI is InChI=1S/C13H18N2OS/c14-6-11-5-13(17-9-11)7-15-12-3-1-10(8-16)2-4-12/h5,9-10,12,15-16H,1-4,7-8H2. The van der Waals surface area contributed by atoms with Gasteiger partial charge in [-0.3, -0.25) is 0 Å². The number of rotatable bonds is 4. The van der Waals surface area contributed by atoms with Crippen LogP contribution in [-0.4, -0.2) is 17.8 Å². The molecule has 0 bridgehead atoms. The van der Waals surface area contributed by atoms with Gasteiger partial charge in [-0.05, 0) is 37.7 Å². The van der Waals surface area contributed by atoms with Gasteiger partial charge < -0.3 is 10.4 Å². The third-order valence-electron chi connectivity index (χ3n) is 3.45. The average molecular weight is 250 g/mol. The van der Waals surface area contributed by atoms with Crippen molar-refractivity contribution in [3.05, 3.63) is 21.9 Å². The molecule has 1 aromatic rings. The smallest absolute Gasteiger partial charge is 0.100 e. The maximum atomic E-state index is 9.07. The Morgan fingerprint density at radius 2 is 2.18 bits per heavy atom. The van der Waals surface area contributed by atoms with Gasteiger partial charge in [0.15, 0.2) is 0 Å². The zero-order valence-corrected chi connectivity index (χ0v) is 10.7. The van der Waals surface area contributed by atoms with E-state index in [4.69, 9.17) is 10.4 Å². The van der Waals surface area contributed by atoms with E-state index in [1.54, 1.807) is 11.3 Å². The highest BCUT2D eigenvalue weighted by Gasteiger charge is 2.19. The quantitative estimate of drug-likeness (QED) is 0.862. The lowest BCUT2D eigenvalue weighted by atomic mass is 9.86. The van der Waals surface area contributed by atoms with Crippen LogP contribution in [0.5, 0.6) is 0 Å². The number of hydrogen-bond acceptors (Lipinski definition) is 4. The minimum absolute atomic E-state index is 0.336. The monoisotopic (exact) mass is 250 g/mol. The summed E-state index contributed by atoms with van der Waals surface area (Å²) < 4.78 is 0. The van der Waals surface area contributed by atoms with Crippen LogP contribution in [0.2, 0.25) is 0 Å². The molecule has 1 fully saturated rings. The normalized spacial score (nSPS) is 24.5. The van der Waals surface area contributed by atoms with Crippen LogP contribution in [0, 0.1) is 17.2 Å². The highest BCUT2D eigenvalue weighted by molar-refractivity contribution is 7.10. The molecular formula is C13H18N2OS. The molecule has 1 aliphatic rings. The van der Waals surface area contributed by atoms with E-state index >= 15 is 0 Å². The molecule has 2 N–H and O–H groups in total. The van der Waals surface area contributed by atoms with Crippen molar-refractivity contribution in [2.45, 2.75) is 38.3 Å². The zero-order valence-electron chi connectivity index (χ0n) is 9.85. The Kier molecular flexibility index (Phi) is 4.55. The van der Waals surface area contributed by atoms with Gasteiger partial charge in [0.25, 0.3) is 0 Å². The van der Waals surface area contributed by atoms with Gasteiger partial charge in [0.2, 0.25) is 0 Å². The minimum Gasteiger partial charge on any atom is -0.396 e. The van der Waals surface area contributed by atoms with E-state index in [0.717, 1.165) is 37.8 Å². The first-order chi connectivity index (χ1) is 8.31. The second-order valence-corrected chi connectivity index (χ2v) is 5.69. The van der Waals surface area contributed by atoms with Crippen molar-refractivity contribution in [3.8, 4) is 6.07 Å². The fourth-order valence-corrected chi connectivity index (χ4v) is 3.09. The molecule has 0 aliphatic heterocycles. The highest BCUT2D eigenvalue weighted by atomic mass is 32.1. The van der Waals surface area contributed by atoms with Crippen LogP contribution < -0.4 is 5.32 Å². The number of aliphatic hydroxyl groups is 1. The largest absolute Gasteiger partial charge is 0.396 e. The Labute approximate surface area is 106 Å². The molecule has 2 rings (SSSR count). The summed E-state index contributed by atoms with van der Waals surface area (Å²) in [7, 11) is 0. The van der Waals surface area contributed by atoms with Gasteiger partial charge in [-0.15, -0.1) is 11.3 Å². The third kappa shape index (κ3) is 3.53. The molecule has 4 heteroatoms. The Morgan fingerprint density at radius 1 is 1.41 bits per heavy atom. The van der Waals surface area contributed by atoms with Gasteiger partial charge in [-0.25, -0.2) is 0 Å². The lowest BCUT2D eigenvalue weighted by molar-refractivity contribution is 0.175. The molecule has 1 aliphatic carbocycles. The van der Waals surface area contributed by atoms with E-state index in [-0.39, 0.29) is 0 Å². The summed E-state index contributed by atoms with van der Waals surface area (Å²) in [5.74, 6) is 0.514. The Balaban J connectivity index is 1.74. The third-order valence-corrected chi connectivity index (χ3v) is 4.39. The molecule has 0 aromatic carbocycles. The predicted octanol–water partition coefficient (Wildman–Crippen LogP) is 2.26. The van der Waals surface area contributed by atoms with Crippen molar-refractivity contribution in [1.82, 2.24) is 5.32 Å². The Hall–Kier alpha value is -0.890. The molecule has 3 nitrogen and oxygen atoms in total. The maximum absolute atomic E-state index is 9.07. The van der Waals surface area contributed by atoms with E-state index in [0.29, 0.717) is 18.6 Å². The first-order valence-corrected chi connectivity index (χ1v) is 7.01. The van der Waals surface area contributed by atoms with Gasteiger partial charge in [0, 0.05) is 29.5 Å². The summed E-state index contributed by atoms with van der Waals surface area (Å²) in [4.78, 5) is 1.23. The number of hydrogen-bond donors (Lipinski definition) is 2. The summed E-state index contributed by atoms with van der Waals surface area (Å²) >= 11 is 1.64. The van der Waals surface area contributed by atoms with Crippen LogP contribution in [0.25, 0.3) is 0 Å². The number of thiophene rings is 1. The number of aliphatic hydroxyl groups excluding tert-OH is 1. The topological polar surface area (TPSA) is 56.0 Å². The van der Waals surface area contributed by atoms with Crippen LogP contribution in [-0.2, 0) is 6.54 Å². The molecule has 0 atom stereocenters. The second-order valence-electron chi connectivity index (χ2n) is 4.69. The van der Waals surface area contributed by atoms with E-state index in [1.165, 1.54) is 4.88 Å². The number of nitriles is 1. The van der Waals surface area contributed by atoms with E-state index in [1.807, 2.05) is 11.4 Å². The molecular weight excluding hydrogens is 232 g/mol. The summed E-state index contributed by atoms with van der Waals surface area (Å²) in [5, 5.41) is 23.2. The molecule has 1 aromatic heterocycles. The molecule has 0 unspecified atom stereocenters. The van der Waals surface area contributed by atoms with Crippen molar-refractivity contribution in [1.29, 1.82) is 5.26 Å². The minimum atomic E-state index is 0.336. The van der Waals surface area contributed by atoms with Crippen molar-refractivity contribution in [3.63, 3.8) is 0 Å². The predicted molar refractivity (Wildman–Crippen MR) is 68.7 cm³/mol. The second kappa shape index (κ2) is 6.15. The molecule has 92 valence electrons. The first kappa shape index (κ1) is 12.6. The maximum Gasteiger partial charge on any atom is 0.100 e. The lowest BCUT2D eigenvalue weighted by Gasteiger charge is -2.27. The Bertz CT molecular complexity index is 388. The van der Waals surface area contributed by atoms with Crippen LogP contribution in [0.4, 0.5) is 0 Å². The van der Waals surface area contributed by atoms with Gasteiger partial charge in [-0.2, -0.15) is 5.26 Å². The summed E-state index contributed by atoms with van der Waals surface area (Å²) in [6.45, 7) is 1.20. The summed E-state index contributed by atoms with van der Waals surface area (Å²) in [6.07, 6.45) is 4.56. The van der Waals surface area contributed by atoms with Crippen LogP contribution in [0.1, 0.15) is 36.1 Å². The van der Waals surface area contributed by atoms with E-state index in [2.05, 4.69) is 11.4 Å². The van der Waals surface area contributed by atoms with Crippen LogP contribution in [0.15, 0.2) is 11.4 Å². The van der Waals surface area contributed by atoms with Gasteiger partial charge >= 0.3 is 0 Å². The van der Waals surface area contributed by atoms with Crippen LogP contribution >= 0.6 is 11.3 Å². The van der Waals surface area contributed by atoms with Gasteiger partial charge in [0.1, 0.15) is 6.07 Å². The van der Waals surface area contributed by atoms with Crippen molar-refractivity contribution >= 4 is 11.3 Å². The number of nitrogens with zero attached hydrogens (tertiary/aromatic N) is 1. The molecule has 0 spiro atoms. The lowest BCUT2D eigenvalue weighted by Crippen LogP contribution is -2.33. The summed E-state index contributed by atoms with van der Waals surface area (Å²) in [5.41, 5.74) is 0.760. The molecule has 17 heavy (non-hydrogen) atoms. The van der Waals surface area contributed by atoms with Crippen molar-refractivity contribution in [2.75, 3.05) is 6.61 Å². The molecule has 0 saturated heterocycles.